The van der Waals surface area contributed by atoms with Crippen LogP contribution in [0, 0.1) is 17.7 Å². The molecular weight excluding hydrogens is 518 g/mol. The van der Waals surface area contributed by atoms with Crippen LogP contribution in [0.1, 0.15) is 24.8 Å². The van der Waals surface area contributed by atoms with Crippen LogP contribution in [-0.4, -0.2) is 72.6 Å². The van der Waals surface area contributed by atoms with Crippen LogP contribution < -0.4 is 15.5 Å². The molecule has 2 unspecified atom stereocenters. The van der Waals surface area contributed by atoms with Gasteiger partial charge in [0, 0.05) is 42.7 Å². The lowest BCUT2D eigenvalue weighted by molar-refractivity contribution is -0.149. The summed E-state index contributed by atoms with van der Waals surface area (Å²) >= 11 is 0. The molecule has 1 aromatic carbocycles. The minimum Gasteiger partial charge on any atom is -0.377 e. The summed E-state index contributed by atoms with van der Waals surface area (Å²) in [4.78, 5) is 21.2. The lowest BCUT2D eigenvalue weighted by atomic mass is 9.94. The smallest absolute Gasteiger partial charge is 0.377 e. The minimum atomic E-state index is -4.27. The van der Waals surface area contributed by atoms with Crippen molar-refractivity contribution in [2.45, 2.75) is 49.7 Å². The second-order valence-corrected chi connectivity index (χ2v) is 11.2. The van der Waals surface area contributed by atoms with Crippen molar-refractivity contribution in [2.24, 2.45) is 11.8 Å². The summed E-state index contributed by atoms with van der Waals surface area (Å²) in [6.45, 7) is 0.747. The van der Waals surface area contributed by atoms with Gasteiger partial charge < -0.3 is 25.0 Å². The molecule has 4 atom stereocenters. The number of nitrogens with zero attached hydrogens (tertiary/aromatic N) is 3. The van der Waals surface area contributed by atoms with Gasteiger partial charge in [0.05, 0.1) is 48.9 Å². The number of likely N-dealkylation sites (tertiary alicyclic amines) is 1. The summed E-state index contributed by atoms with van der Waals surface area (Å²) in [5.41, 5.74) is 1.69. The van der Waals surface area contributed by atoms with Crippen molar-refractivity contribution in [3.8, 4) is 0 Å². The van der Waals surface area contributed by atoms with Crippen LogP contribution in [-0.2, 0) is 20.8 Å². The number of piperidine rings is 1. The number of benzene rings is 1. The Morgan fingerprint density at radius 1 is 1.26 bits per heavy atom. The lowest BCUT2D eigenvalue weighted by Gasteiger charge is -2.34. The molecule has 8 nitrogen and oxygen atoms in total. The van der Waals surface area contributed by atoms with E-state index in [0.717, 1.165) is 12.0 Å². The number of fused-ring (bicyclic) bond motifs is 3. The van der Waals surface area contributed by atoms with Crippen LogP contribution in [0.2, 0.25) is 0 Å². The molecule has 2 N–H and O–H groups in total. The molecule has 5 heterocycles. The zero-order chi connectivity index (χ0) is 26.9. The fourth-order valence-corrected chi connectivity index (χ4v) is 6.86. The van der Waals surface area contributed by atoms with E-state index >= 15 is 4.39 Å². The molecule has 1 aromatic heterocycles. The molecule has 1 spiro atoms. The number of aromatic nitrogens is 1. The molecule has 0 bridgehead atoms. The molecule has 7 rings (SSSR count). The molecule has 3 saturated heterocycles. The van der Waals surface area contributed by atoms with E-state index in [9.17, 15) is 18.0 Å². The Kier molecular flexibility index (Phi) is 5.80. The maximum atomic E-state index is 15.4. The van der Waals surface area contributed by atoms with Gasteiger partial charge in [-0.1, -0.05) is 6.07 Å². The third kappa shape index (κ3) is 4.33. The maximum absolute atomic E-state index is 15.4. The normalized spacial score (nSPS) is 30.1. The quantitative estimate of drug-likeness (QED) is 0.560. The maximum Gasteiger partial charge on any atom is 0.401 e. The molecule has 5 aliphatic rings. The van der Waals surface area contributed by atoms with Crippen molar-refractivity contribution in [1.29, 1.82) is 0 Å². The molecule has 208 valence electrons. The van der Waals surface area contributed by atoms with E-state index in [1.807, 2.05) is 6.07 Å². The van der Waals surface area contributed by atoms with Crippen LogP contribution in [0.4, 0.5) is 40.4 Å². The highest BCUT2D eigenvalue weighted by Crippen LogP contribution is 2.61. The number of ether oxygens (including phenoxy) is 2. The van der Waals surface area contributed by atoms with Gasteiger partial charge in [-0.3, -0.25) is 9.69 Å². The van der Waals surface area contributed by atoms with Crippen LogP contribution >= 0.6 is 0 Å². The topological polar surface area (TPSA) is 79.0 Å². The first kappa shape index (κ1) is 25.0. The molecular formula is C27H29F4N5O3. The number of amides is 1. The predicted molar refractivity (Wildman–Crippen MR) is 134 cm³/mol. The van der Waals surface area contributed by atoms with Gasteiger partial charge in [0.2, 0.25) is 5.91 Å². The monoisotopic (exact) mass is 547 g/mol. The number of halogens is 4. The number of pyridine rings is 1. The molecule has 39 heavy (non-hydrogen) atoms. The number of hydrogen-bond acceptors (Lipinski definition) is 7. The van der Waals surface area contributed by atoms with E-state index in [2.05, 4.69) is 15.6 Å². The third-order valence-electron chi connectivity index (χ3n) is 8.81. The second kappa shape index (κ2) is 9.03. The molecule has 4 fully saturated rings. The zero-order valence-electron chi connectivity index (χ0n) is 21.1. The van der Waals surface area contributed by atoms with E-state index in [1.165, 1.54) is 11.0 Å². The Hall–Kier alpha value is -2.96. The van der Waals surface area contributed by atoms with Gasteiger partial charge in [-0.05, 0) is 38.1 Å². The van der Waals surface area contributed by atoms with Crippen molar-refractivity contribution >= 4 is 28.8 Å². The van der Waals surface area contributed by atoms with Gasteiger partial charge in [-0.15, -0.1) is 0 Å². The fourth-order valence-electron chi connectivity index (χ4n) is 6.86. The van der Waals surface area contributed by atoms with Crippen LogP contribution in [0.5, 0.6) is 0 Å². The van der Waals surface area contributed by atoms with Crippen LogP contribution in [0.25, 0.3) is 0 Å². The first-order valence-electron chi connectivity index (χ1n) is 13.4. The van der Waals surface area contributed by atoms with E-state index < -0.39 is 24.5 Å². The summed E-state index contributed by atoms with van der Waals surface area (Å²) in [5, 5.41) is 6.49. The molecule has 12 heteroatoms. The number of nitrogens with one attached hydrogen (secondary N) is 2. The van der Waals surface area contributed by atoms with Crippen molar-refractivity contribution in [3.05, 3.63) is 41.8 Å². The number of rotatable bonds is 4. The van der Waals surface area contributed by atoms with Gasteiger partial charge in [0.1, 0.15) is 17.2 Å². The van der Waals surface area contributed by atoms with Gasteiger partial charge >= 0.3 is 6.18 Å². The first-order valence-corrected chi connectivity index (χ1v) is 13.4. The van der Waals surface area contributed by atoms with Crippen molar-refractivity contribution in [2.75, 3.05) is 48.4 Å². The van der Waals surface area contributed by atoms with Crippen LogP contribution in [0.15, 0.2) is 30.5 Å². The second-order valence-electron chi connectivity index (χ2n) is 11.2. The number of anilines is 4. The first-order chi connectivity index (χ1) is 18.7. The number of carbonyl (C=O) groups is 1. The van der Waals surface area contributed by atoms with Crippen LogP contribution in [0.3, 0.4) is 0 Å². The summed E-state index contributed by atoms with van der Waals surface area (Å²) in [5.74, 6) is -0.402. The number of alkyl halides is 3. The Bertz CT molecular complexity index is 1300. The zero-order valence-corrected chi connectivity index (χ0v) is 21.1. The van der Waals surface area contributed by atoms with Crippen molar-refractivity contribution in [3.63, 3.8) is 0 Å². The molecule has 4 aliphatic heterocycles. The van der Waals surface area contributed by atoms with Gasteiger partial charge in [0.15, 0.2) is 0 Å². The summed E-state index contributed by atoms with van der Waals surface area (Å²) in [6.07, 6.45) is -1.12. The largest absolute Gasteiger partial charge is 0.401 e. The Morgan fingerprint density at radius 3 is 2.85 bits per heavy atom. The Balaban J connectivity index is 1.16. The molecule has 0 radical (unpaired) electrons. The molecule has 1 amide bonds. The predicted octanol–water partition coefficient (Wildman–Crippen LogP) is 4.05. The van der Waals surface area contributed by atoms with E-state index in [0.29, 0.717) is 43.2 Å². The third-order valence-corrected chi connectivity index (χ3v) is 8.81. The van der Waals surface area contributed by atoms with Crippen molar-refractivity contribution in [1.82, 2.24) is 9.88 Å². The van der Waals surface area contributed by atoms with Gasteiger partial charge in [0.25, 0.3) is 0 Å². The molecule has 1 saturated carbocycles. The Morgan fingerprint density at radius 2 is 2.08 bits per heavy atom. The van der Waals surface area contributed by atoms with E-state index in [1.54, 1.807) is 23.2 Å². The van der Waals surface area contributed by atoms with Crippen molar-refractivity contribution < 1.29 is 31.8 Å². The van der Waals surface area contributed by atoms with E-state index in [-0.39, 0.29) is 54.9 Å². The highest BCUT2D eigenvalue weighted by molar-refractivity contribution is 6.00. The Labute approximate surface area is 222 Å². The fraction of sp³-hybridized carbons (Fsp3) is 0.556. The van der Waals surface area contributed by atoms with E-state index in [4.69, 9.17) is 9.47 Å². The summed E-state index contributed by atoms with van der Waals surface area (Å²) in [7, 11) is 0. The average molecular weight is 548 g/mol. The number of hydrogen-bond donors (Lipinski definition) is 2. The average Bonchev–Trinajstić information content (AvgIpc) is 3.15. The minimum absolute atomic E-state index is 0.0381. The highest BCUT2D eigenvalue weighted by Gasteiger charge is 2.76. The standard InChI is InChI=1S/C27H29F4N5O3/c28-17-10-19-21(11-18(17)33-20-13-39-26-5-9-38-23(26)22(20)26)36(12-16-2-1-6-32-24(16)34-19)25(37)15-3-7-35(8-4-15)14-27(29,30)31/h1-2,6,10-11,15,20,22-23,33H,3-5,7-9,12-14H2,(H,32,34)/t20-,22?,23-,26?/m1/s1. The highest BCUT2D eigenvalue weighted by atomic mass is 19.4. The van der Waals surface area contributed by atoms with Gasteiger partial charge in [-0.25, -0.2) is 9.37 Å². The summed E-state index contributed by atoms with van der Waals surface area (Å²) < 4.78 is 65.9. The molecule has 2 aromatic rings. The SMILES string of the molecule is O=C(C1CCN(CC(F)(F)F)CC1)N1Cc2cccnc2Nc2cc(F)c(N[C@@H]3COC45CCO[C@@H]4C35)cc21. The lowest BCUT2D eigenvalue weighted by Crippen LogP contribution is -2.45. The summed E-state index contributed by atoms with van der Waals surface area (Å²) in [6, 6.07) is 6.52. The van der Waals surface area contributed by atoms with Gasteiger partial charge in [-0.2, -0.15) is 13.2 Å². The number of carbonyl (C=O) groups excluding carboxylic acids is 1. The molecule has 1 aliphatic carbocycles.